The van der Waals surface area contributed by atoms with Gasteiger partial charge in [0.1, 0.15) is 11.7 Å². The summed E-state index contributed by atoms with van der Waals surface area (Å²) in [6, 6.07) is 15.6. The van der Waals surface area contributed by atoms with Crippen LogP contribution in [-0.2, 0) is 4.79 Å². The Labute approximate surface area is 209 Å². The number of amides is 3. The van der Waals surface area contributed by atoms with Gasteiger partial charge >= 0.3 is 0 Å². The molecule has 2 saturated heterocycles. The van der Waals surface area contributed by atoms with E-state index in [9.17, 15) is 14.4 Å². The van der Waals surface area contributed by atoms with Crippen molar-refractivity contribution in [3.8, 4) is 0 Å². The first kappa shape index (κ1) is 23.4. The fraction of sp³-hybridized carbons (Fsp3) is 0.370. The summed E-state index contributed by atoms with van der Waals surface area (Å²) in [5.74, 6) is -0.452. The van der Waals surface area contributed by atoms with E-state index in [2.05, 4.69) is 10.3 Å². The lowest BCUT2D eigenvalue weighted by Gasteiger charge is -2.39. The molecule has 2 aliphatic rings. The molecule has 3 atom stereocenters. The Bertz CT molecular complexity index is 1260. The second-order valence-corrected chi connectivity index (χ2v) is 11.0. The van der Waals surface area contributed by atoms with Gasteiger partial charge in [0.15, 0.2) is 0 Å². The number of hydrogen-bond donors (Lipinski definition) is 2. The maximum Gasteiger partial charge on any atom is 0.268 e. The molecule has 5 rings (SSSR count). The minimum absolute atomic E-state index is 0.0304. The molecule has 2 N–H and O–H groups in total. The first-order valence-corrected chi connectivity index (χ1v) is 12.3. The standard InChI is InChI=1S/C27H29ClN4O3/c1-27(2,3)23(30-24(33)22-12-17-6-4-5-7-21(17)29-22)26(35)32-15-19-13-20(32)14-31(19)25(34)16-8-10-18(28)11-9-16/h4-12,19-20,23,29H,13-15H2,1-3H3,(H,30,33)/t19-,20-,23?/m0/s1. The second-order valence-electron chi connectivity index (χ2n) is 10.5. The molecule has 3 amide bonds. The van der Waals surface area contributed by atoms with Gasteiger partial charge in [-0.1, -0.05) is 50.6 Å². The average molecular weight is 493 g/mol. The maximum atomic E-state index is 13.7. The van der Waals surface area contributed by atoms with Gasteiger partial charge in [-0.3, -0.25) is 14.4 Å². The Morgan fingerprint density at radius 1 is 1.00 bits per heavy atom. The zero-order chi connectivity index (χ0) is 24.9. The summed E-state index contributed by atoms with van der Waals surface area (Å²) in [5, 5.41) is 4.51. The van der Waals surface area contributed by atoms with Gasteiger partial charge in [-0.15, -0.1) is 0 Å². The van der Waals surface area contributed by atoms with Crippen molar-refractivity contribution in [3.05, 3.63) is 70.9 Å². The van der Waals surface area contributed by atoms with E-state index in [4.69, 9.17) is 11.6 Å². The molecule has 0 aliphatic carbocycles. The molecular formula is C27H29ClN4O3. The predicted molar refractivity (Wildman–Crippen MR) is 135 cm³/mol. The molecule has 35 heavy (non-hydrogen) atoms. The van der Waals surface area contributed by atoms with Crippen molar-refractivity contribution in [2.24, 2.45) is 5.41 Å². The quantitative estimate of drug-likeness (QED) is 0.575. The van der Waals surface area contributed by atoms with Crippen LogP contribution in [0.2, 0.25) is 5.02 Å². The van der Waals surface area contributed by atoms with Crippen LogP contribution < -0.4 is 5.32 Å². The fourth-order valence-corrected chi connectivity index (χ4v) is 5.29. The largest absolute Gasteiger partial charge is 0.351 e. The molecule has 0 spiro atoms. The number of likely N-dealkylation sites (tertiary alicyclic amines) is 2. The van der Waals surface area contributed by atoms with Crippen LogP contribution in [0.25, 0.3) is 10.9 Å². The van der Waals surface area contributed by atoms with Gasteiger partial charge in [-0.05, 0) is 48.2 Å². The molecule has 7 nitrogen and oxygen atoms in total. The number of benzene rings is 2. The summed E-state index contributed by atoms with van der Waals surface area (Å²) in [4.78, 5) is 46.6. The number of carbonyl (C=O) groups excluding carboxylic acids is 3. The molecule has 3 aromatic rings. The van der Waals surface area contributed by atoms with Crippen molar-refractivity contribution < 1.29 is 14.4 Å². The highest BCUT2D eigenvalue weighted by molar-refractivity contribution is 6.30. The third-order valence-electron chi connectivity index (χ3n) is 7.04. The number of para-hydroxylation sites is 1. The van der Waals surface area contributed by atoms with Gasteiger partial charge in [-0.2, -0.15) is 0 Å². The van der Waals surface area contributed by atoms with E-state index in [-0.39, 0.29) is 29.8 Å². The number of aromatic amines is 1. The van der Waals surface area contributed by atoms with Crippen LogP contribution in [0.4, 0.5) is 0 Å². The molecule has 1 aromatic heterocycles. The fourth-order valence-electron chi connectivity index (χ4n) is 5.16. The molecule has 2 bridgehead atoms. The van der Waals surface area contributed by atoms with E-state index in [1.807, 2.05) is 54.8 Å². The molecule has 2 aromatic carbocycles. The van der Waals surface area contributed by atoms with Gasteiger partial charge in [0, 0.05) is 34.6 Å². The molecule has 0 radical (unpaired) electrons. The number of hydrogen-bond acceptors (Lipinski definition) is 3. The average Bonchev–Trinajstić information content (AvgIpc) is 3.55. The summed E-state index contributed by atoms with van der Waals surface area (Å²) >= 11 is 5.95. The normalized spacial score (nSPS) is 20.3. The Balaban J connectivity index is 1.29. The molecule has 182 valence electrons. The number of halogens is 1. The predicted octanol–water partition coefficient (Wildman–Crippen LogP) is 4.09. The Morgan fingerprint density at radius 3 is 2.29 bits per heavy atom. The number of aromatic nitrogens is 1. The van der Waals surface area contributed by atoms with Gasteiger partial charge < -0.3 is 20.1 Å². The van der Waals surface area contributed by atoms with Crippen LogP contribution in [0.3, 0.4) is 0 Å². The van der Waals surface area contributed by atoms with Crippen molar-refractivity contribution >= 4 is 40.2 Å². The highest BCUT2D eigenvalue weighted by Crippen LogP contribution is 2.34. The lowest BCUT2D eigenvalue weighted by Crippen LogP contribution is -2.59. The van der Waals surface area contributed by atoms with Gasteiger partial charge in [0.05, 0.1) is 12.1 Å². The molecule has 8 heteroatoms. The summed E-state index contributed by atoms with van der Waals surface area (Å²) in [6.07, 6.45) is 0.748. The van der Waals surface area contributed by atoms with Crippen LogP contribution in [-0.4, -0.2) is 63.7 Å². The van der Waals surface area contributed by atoms with E-state index in [0.29, 0.717) is 29.4 Å². The van der Waals surface area contributed by atoms with Crippen molar-refractivity contribution in [1.29, 1.82) is 0 Å². The first-order chi connectivity index (χ1) is 16.6. The number of rotatable bonds is 4. The summed E-state index contributed by atoms with van der Waals surface area (Å²) in [5.41, 5.74) is 1.41. The molecule has 1 unspecified atom stereocenters. The van der Waals surface area contributed by atoms with Crippen LogP contribution in [0, 0.1) is 5.41 Å². The highest BCUT2D eigenvalue weighted by atomic mass is 35.5. The van der Waals surface area contributed by atoms with Crippen LogP contribution in [0.5, 0.6) is 0 Å². The summed E-state index contributed by atoms with van der Waals surface area (Å²) in [7, 11) is 0. The maximum absolute atomic E-state index is 13.7. The molecule has 2 aliphatic heterocycles. The third kappa shape index (κ3) is 4.41. The third-order valence-corrected chi connectivity index (χ3v) is 7.29. The minimum Gasteiger partial charge on any atom is -0.351 e. The number of H-pyrrole nitrogens is 1. The summed E-state index contributed by atoms with van der Waals surface area (Å²) < 4.78 is 0. The van der Waals surface area contributed by atoms with E-state index in [1.54, 1.807) is 30.3 Å². The number of fused-ring (bicyclic) bond motifs is 3. The Morgan fingerprint density at radius 2 is 1.66 bits per heavy atom. The number of carbonyl (C=O) groups is 3. The second kappa shape index (κ2) is 8.72. The van der Waals surface area contributed by atoms with Crippen molar-refractivity contribution in [1.82, 2.24) is 20.1 Å². The van der Waals surface area contributed by atoms with E-state index < -0.39 is 11.5 Å². The van der Waals surface area contributed by atoms with Crippen molar-refractivity contribution in [3.63, 3.8) is 0 Å². The zero-order valence-electron chi connectivity index (χ0n) is 20.0. The smallest absolute Gasteiger partial charge is 0.268 e. The van der Waals surface area contributed by atoms with E-state index in [0.717, 1.165) is 17.3 Å². The monoisotopic (exact) mass is 492 g/mol. The topological polar surface area (TPSA) is 85.5 Å². The van der Waals surface area contributed by atoms with Crippen LogP contribution in [0.1, 0.15) is 48.0 Å². The van der Waals surface area contributed by atoms with E-state index in [1.165, 1.54) is 0 Å². The van der Waals surface area contributed by atoms with Gasteiger partial charge in [-0.25, -0.2) is 0 Å². The highest BCUT2D eigenvalue weighted by Gasteiger charge is 2.49. The van der Waals surface area contributed by atoms with Crippen LogP contribution in [0.15, 0.2) is 54.6 Å². The molecular weight excluding hydrogens is 464 g/mol. The zero-order valence-corrected chi connectivity index (χ0v) is 20.8. The first-order valence-electron chi connectivity index (χ1n) is 11.9. The van der Waals surface area contributed by atoms with Gasteiger partial charge in [0.25, 0.3) is 11.8 Å². The lowest BCUT2D eigenvalue weighted by atomic mass is 9.85. The SMILES string of the molecule is CC(C)(C)C(NC(=O)c1cc2ccccc2[nH]1)C(=O)N1C[C@@H]2C[C@H]1CN2C(=O)c1ccc(Cl)cc1. The number of piperazine rings is 1. The van der Waals surface area contributed by atoms with Gasteiger partial charge in [0.2, 0.25) is 5.91 Å². The van der Waals surface area contributed by atoms with Crippen molar-refractivity contribution in [2.45, 2.75) is 45.3 Å². The molecule has 2 fully saturated rings. The Kier molecular flexibility index (Phi) is 5.83. The number of nitrogens with zero attached hydrogens (tertiary/aromatic N) is 2. The minimum atomic E-state index is -0.693. The van der Waals surface area contributed by atoms with Crippen LogP contribution >= 0.6 is 11.6 Å². The summed E-state index contributed by atoms with van der Waals surface area (Å²) in [6.45, 7) is 6.81. The Hall–Kier alpha value is -3.32. The number of nitrogens with one attached hydrogen (secondary N) is 2. The van der Waals surface area contributed by atoms with Crippen molar-refractivity contribution in [2.75, 3.05) is 13.1 Å². The lowest BCUT2D eigenvalue weighted by molar-refractivity contribution is -0.138. The van der Waals surface area contributed by atoms with E-state index >= 15 is 0 Å². The molecule has 0 saturated carbocycles. The molecule has 3 heterocycles.